The van der Waals surface area contributed by atoms with Crippen LogP contribution >= 0.6 is 0 Å². The number of hydrogen-bond donors (Lipinski definition) is 3. The van der Waals surface area contributed by atoms with Gasteiger partial charge in [0.1, 0.15) is 5.75 Å². The number of nitrogens with zero attached hydrogens (tertiary/aromatic N) is 1. The van der Waals surface area contributed by atoms with E-state index in [4.69, 9.17) is 0 Å². The molecule has 1 amide bonds. The van der Waals surface area contributed by atoms with Crippen molar-refractivity contribution in [1.82, 2.24) is 15.3 Å². The number of H-pyrrole nitrogens is 1. The average molecular weight is 273 g/mol. The van der Waals surface area contributed by atoms with Gasteiger partial charge in [0, 0.05) is 24.2 Å². The lowest BCUT2D eigenvalue weighted by Crippen LogP contribution is -2.27. The van der Waals surface area contributed by atoms with Gasteiger partial charge in [0.05, 0.1) is 11.6 Å². The number of aromatic amines is 1. The Hall–Kier alpha value is -2.63. The van der Waals surface area contributed by atoms with Crippen LogP contribution in [0.1, 0.15) is 34.6 Å². The molecule has 0 unspecified atom stereocenters. The van der Waals surface area contributed by atoms with Crippen molar-refractivity contribution < 1.29 is 9.90 Å². The van der Waals surface area contributed by atoms with E-state index in [1.165, 1.54) is 6.20 Å². The Kier molecular flexibility index (Phi) is 3.84. The SMILES string of the molecule is Cc1ccc([C@@H](C)NC(=O)c2c[nH]c(=O)cc2O)cn1. The summed E-state index contributed by atoms with van der Waals surface area (Å²) in [4.78, 5) is 29.5. The van der Waals surface area contributed by atoms with Crippen LogP contribution in [0.2, 0.25) is 0 Å². The fourth-order valence-electron chi connectivity index (χ4n) is 1.74. The molecule has 0 radical (unpaired) electrons. The number of carbonyl (C=O) groups is 1. The highest BCUT2D eigenvalue weighted by Gasteiger charge is 2.15. The number of hydrogen-bond acceptors (Lipinski definition) is 4. The maximum atomic E-state index is 12.0. The van der Waals surface area contributed by atoms with Gasteiger partial charge in [0.15, 0.2) is 0 Å². The van der Waals surface area contributed by atoms with E-state index in [0.29, 0.717) is 0 Å². The molecule has 2 aromatic rings. The van der Waals surface area contributed by atoms with Crippen molar-refractivity contribution in [3.05, 3.63) is 57.8 Å². The Morgan fingerprint density at radius 1 is 1.45 bits per heavy atom. The quantitative estimate of drug-likeness (QED) is 0.785. The summed E-state index contributed by atoms with van der Waals surface area (Å²) in [6.07, 6.45) is 2.88. The topological polar surface area (TPSA) is 95.1 Å². The molecule has 0 bridgehead atoms. The van der Waals surface area contributed by atoms with Gasteiger partial charge in [-0.1, -0.05) is 6.07 Å². The van der Waals surface area contributed by atoms with E-state index < -0.39 is 11.5 Å². The van der Waals surface area contributed by atoms with Gasteiger partial charge in [-0.15, -0.1) is 0 Å². The molecule has 2 heterocycles. The van der Waals surface area contributed by atoms with Crippen LogP contribution in [0.25, 0.3) is 0 Å². The number of pyridine rings is 2. The molecule has 20 heavy (non-hydrogen) atoms. The molecule has 0 aliphatic carbocycles. The van der Waals surface area contributed by atoms with Gasteiger partial charge >= 0.3 is 0 Å². The van der Waals surface area contributed by atoms with Crippen LogP contribution in [0, 0.1) is 6.92 Å². The number of rotatable bonds is 3. The van der Waals surface area contributed by atoms with Crippen molar-refractivity contribution in [2.45, 2.75) is 19.9 Å². The number of amides is 1. The Morgan fingerprint density at radius 3 is 2.80 bits per heavy atom. The van der Waals surface area contributed by atoms with Crippen LogP contribution in [0.4, 0.5) is 0 Å². The number of aromatic nitrogens is 2. The highest BCUT2D eigenvalue weighted by atomic mass is 16.3. The number of nitrogens with one attached hydrogen (secondary N) is 2. The first-order valence-corrected chi connectivity index (χ1v) is 6.12. The maximum absolute atomic E-state index is 12.0. The fourth-order valence-corrected chi connectivity index (χ4v) is 1.74. The molecule has 6 nitrogen and oxygen atoms in total. The molecule has 0 aliphatic heterocycles. The van der Waals surface area contributed by atoms with E-state index in [9.17, 15) is 14.7 Å². The van der Waals surface area contributed by atoms with E-state index in [-0.39, 0.29) is 17.4 Å². The summed E-state index contributed by atoms with van der Waals surface area (Å²) in [5, 5.41) is 12.3. The molecular formula is C14H15N3O3. The first-order chi connectivity index (χ1) is 9.47. The third-order valence-electron chi connectivity index (χ3n) is 2.93. The van der Waals surface area contributed by atoms with Crippen molar-refractivity contribution in [1.29, 1.82) is 0 Å². The van der Waals surface area contributed by atoms with Gasteiger partial charge < -0.3 is 15.4 Å². The van der Waals surface area contributed by atoms with Gasteiger partial charge in [-0.3, -0.25) is 14.6 Å². The lowest BCUT2D eigenvalue weighted by atomic mass is 10.1. The second-order valence-electron chi connectivity index (χ2n) is 4.52. The normalized spacial score (nSPS) is 11.9. The predicted molar refractivity (Wildman–Crippen MR) is 73.6 cm³/mol. The lowest BCUT2D eigenvalue weighted by Gasteiger charge is -2.14. The second-order valence-corrected chi connectivity index (χ2v) is 4.52. The molecule has 6 heteroatoms. The molecule has 3 N–H and O–H groups in total. The van der Waals surface area contributed by atoms with E-state index in [1.807, 2.05) is 26.0 Å². The molecule has 1 atom stereocenters. The minimum absolute atomic E-state index is 0.0246. The predicted octanol–water partition coefficient (Wildman–Crippen LogP) is 1.27. The van der Waals surface area contributed by atoms with Crippen molar-refractivity contribution in [2.24, 2.45) is 0 Å². The molecular weight excluding hydrogens is 258 g/mol. The number of carbonyl (C=O) groups excluding carboxylic acids is 1. The van der Waals surface area contributed by atoms with Crippen LogP contribution in [0.5, 0.6) is 5.75 Å². The summed E-state index contributed by atoms with van der Waals surface area (Å²) in [6, 6.07) is 4.43. The van der Waals surface area contributed by atoms with Gasteiger partial charge in [-0.2, -0.15) is 0 Å². The number of aryl methyl sites for hydroxylation is 1. The average Bonchev–Trinajstić information content (AvgIpc) is 2.39. The first-order valence-electron chi connectivity index (χ1n) is 6.12. The van der Waals surface area contributed by atoms with Crippen LogP contribution in [0.3, 0.4) is 0 Å². The molecule has 0 aliphatic rings. The largest absolute Gasteiger partial charge is 0.507 e. The molecule has 0 fully saturated rings. The maximum Gasteiger partial charge on any atom is 0.257 e. The zero-order valence-electron chi connectivity index (χ0n) is 11.2. The van der Waals surface area contributed by atoms with Gasteiger partial charge in [-0.05, 0) is 25.5 Å². The van der Waals surface area contributed by atoms with Crippen LogP contribution in [-0.4, -0.2) is 21.0 Å². The Balaban J connectivity index is 2.14. The van der Waals surface area contributed by atoms with E-state index >= 15 is 0 Å². The minimum atomic E-state index is -0.466. The van der Waals surface area contributed by atoms with Crippen molar-refractivity contribution in [2.75, 3.05) is 0 Å². The smallest absolute Gasteiger partial charge is 0.257 e. The lowest BCUT2D eigenvalue weighted by molar-refractivity contribution is 0.0936. The minimum Gasteiger partial charge on any atom is -0.507 e. The first kappa shape index (κ1) is 13.8. The zero-order valence-corrected chi connectivity index (χ0v) is 11.2. The fraction of sp³-hybridized carbons (Fsp3) is 0.214. The monoisotopic (exact) mass is 273 g/mol. The van der Waals surface area contributed by atoms with Gasteiger partial charge in [0.25, 0.3) is 11.5 Å². The van der Waals surface area contributed by atoms with E-state index in [1.54, 1.807) is 6.20 Å². The highest BCUT2D eigenvalue weighted by molar-refractivity contribution is 5.96. The summed E-state index contributed by atoms with van der Waals surface area (Å²) < 4.78 is 0. The summed E-state index contributed by atoms with van der Waals surface area (Å²) in [6.45, 7) is 3.69. The van der Waals surface area contributed by atoms with Crippen molar-refractivity contribution in [3.8, 4) is 5.75 Å². The Bertz CT molecular complexity index is 677. The highest BCUT2D eigenvalue weighted by Crippen LogP contribution is 2.16. The van der Waals surface area contributed by atoms with Crippen molar-refractivity contribution in [3.63, 3.8) is 0 Å². The molecule has 0 aromatic carbocycles. The third-order valence-corrected chi connectivity index (χ3v) is 2.93. The zero-order chi connectivity index (χ0) is 14.7. The number of aromatic hydroxyl groups is 1. The second kappa shape index (κ2) is 5.56. The standard InChI is InChI=1S/C14H15N3O3/c1-8-3-4-10(6-15-8)9(2)17-14(20)11-7-16-13(19)5-12(11)18/h3-7,9H,1-2H3,(H,17,20)(H2,16,18,19)/t9-/m1/s1. The molecule has 104 valence electrons. The molecule has 2 aromatic heterocycles. The molecule has 0 saturated heterocycles. The summed E-state index contributed by atoms with van der Waals surface area (Å²) in [5.41, 5.74) is 1.31. The van der Waals surface area contributed by atoms with Gasteiger partial charge in [0.2, 0.25) is 0 Å². The van der Waals surface area contributed by atoms with Crippen LogP contribution < -0.4 is 10.9 Å². The van der Waals surface area contributed by atoms with E-state index in [0.717, 1.165) is 17.3 Å². The summed E-state index contributed by atoms with van der Waals surface area (Å²) in [7, 11) is 0. The Labute approximate surface area is 115 Å². The molecule has 0 spiro atoms. The Morgan fingerprint density at radius 2 is 2.20 bits per heavy atom. The summed E-state index contributed by atoms with van der Waals surface area (Å²) >= 11 is 0. The van der Waals surface area contributed by atoms with Crippen molar-refractivity contribution >= 4 is 5.91 Å². The summed E-state index contributed by atoms with van der Waals surface area (Å²) in [5.74, 6) is -0.813. The third kappa shape index (κ3) is 3.03. The van der Waals surface area contributed by atoms with Gasteiger partial charge in [-0.25, -0.2) is 0 Å². The van der Waals surface area contributed by atoms with E-state index in [2.05, 4.69) is 15.3 Å². The molecule has 0 saturated carbocycles. The molecule has 2 rings (SSSR count). The van der Waals surface area contributed by atoms with Crippen LogP contribution in [-0.2, 0) is 0 Å². The van der Waals surface area contributed by atoms with Crippen LogP contribution in [0.15, 0.2) is 35.4 Å².